The molecular formula is C13H19N3O2S. The molecule has 5 nitrogen and oxygen atoms in total. The van der Waals surface area contributed by atoms with Crippen molar-refractivity contribution in [2.45, 2.75) is 39.7 Å². The number of nitrogens with zero attached hydrogens (tertiary/aromatic N) is 3. The minimum Gasteiger partial charge on any atom is -0.466 e. The number of thiazole rings is 1. The van der Waals surface area contributed by atoms with Crippen LogP contribution in [0.4, 0.5) is 5.13 Å². The lowest BCUT2D eigenvalue weighted by Crippen LogP contribution is -2.31. The number of esters is 1. The van der Waals surface area contributed by atoms with Crippen LogP contribution in [-0.4, -0.2) is 30.1 Å². The van der Waals surface area contributed by atoms with E-state index < -0.39 is 0 Å². The first-order chi connectivity index (χ1) is 9.08. The summed E-state index contributed by atoms with van der Waals surface area (Å²) in [6.45, 7) is 6.94. The van der Waals surface area contributed by atoms with Crippen LogP contribution in [0, 0.1) is 11.3 Å². The maximum absolute atomic E-state index is 11.4. The first-order valence-corrected chi connectivity index (χ1v) is 7.20. The second-order valence-electron chi connectivity index (χ2n) is 4.30. The first kappa shape index (κ1) is 15.4. The molecule has 1 heterocycles. The molecule has 0 unspecified atom stereocenters. The Hall–Kier alpha value is -1.61. The van der Waals surface area contributed by atoms with Crippen LogP contribution in [-0.2, 0) is 16.0 Å². The van der Waals surface area contributed by atoms with Crippen molar-refractivity contribution in [3.05, 3.63) is 11.1 Å². The van der Waals surface area contributed by atoms with E-state index in [1.165, 1.54) is 11.3 Å². The molecule has 0 aliphatic heterocycles. The lowest BCUT2D eigenvalue weighted by molar-refractivity contribution is -0.142. The van der Waals surface area contributed by atoms with Crippen LogP contribution >= 0.6 is 11.3 Å². The maximum Gasteiger partial charge on any atom is 0.311 e. The highest BCUT2D eigenvalue weighted by atomic mass is 32.1. The fourth-order valence-corrected chi connectivity index (χ4v) is 2.60. The van der Waals surface area contributed by atoms with E-state index in [2.05, 4.69) is 29.8 Å². The molecule has 0 atom stereocenters. The van der Waals surface area contributed by atoms with Gasteiger partial charge >= 0.3 is 5.97 Å². The molecule has 0 saturated carbocycles. The first-order valence-electron chi connectivity index (χ1n) is 6.32. The van der Waals surface area contributed by atoms with E-state index in [9.17, 15) is 4.79 Å². The molecule has 0 aliphatic carbocycles. The van der Waals surface area contributed by atoms with E-state index in [-0.39, 0.29) is 18.4 Å². The summed E-state index contributed by atoms with van der Waals surface area (Å²) in [6, 6.07) is 2.41. The van der Waals surface area contributed by atoms with E-state index in [1.807, 2.05) is 5.38 Å². The third-order valence-electron chi connectivity index (χ3n) is 2.50. The number of anilines is 1. The summed E-state index contributed by atoms with van der Waals surface area (Å²) in [6.07, 6.45) is 0.666. The largest absolute Gasteiger partial charge is 0.466 e. The number of hydrogen-bond acceptors (Lipinski definition) is 6. The summed E-state index contributed by atoms with van der Waals surface area (Å²) in [5, 5.41) is 11.4. The molecule has 1 rings (SSSR count). The van der Waals surface area contributed by atoms with Crippen LogP contribution in [0.2, 0.25) is 0 Å². The summed E-state index contributed by atoms with van der Waals surface area (Å²) in [4.78, 5) is 17.9. The number of rotatable bonds is 7. The molecule has 0 spiro atoms. The maximum atomic E-state index is 11.4. The molecule has 104 valence electrons. The molecule has 0 N–H and O–H groups in total. The van der Waals surface area contributed by atoms with Crippen molar-refractivity contribution in [3.63, 3.8) is 0 Å². The van der Waals surface area contributed by atoms with Crippen molar-refractivity contribution < 1.29 is 9.53 Å². The highest BCUT2D eigenvalue weighted by Crippen LogP contribution is 2.23. The van der Waals surface area contributed by atoms with Gasteiger partial charge in [-0.05, 0) is 20.8 Å². The molecule has 0 aromatic carbocycles. The molecular weight excluding hydrogens is 262 g/mol. The van der Waals surface area contributed by atoms with Crippen LogP contribution in [0.15, 0.2) is 5.38 Å². The Morgan fingerprint density at radius 2 is 2.37 bits per heavy atom. The van der Waals surface area contributed by atoms with Crippen LogP contribution in [0.3, 0.4) is 0 Å². The Morgan fingerprint density at radius 1 is 1.63 bits per heavy atom. The monoisotopic (exact) mass is 281 g/mol. The normalized spacial score (nSPS) is 10.3. The highest BCUT2D eigenvalue weighted by Gasteiger charge is 2.15. The number of carbonyl (C=O) groups excluding carboxylic acids is 1. The summed E-state index contributed by atoms with van der Waals surface area (Å²) in [5.74, 6) is -0.257. The van der Waals surface area contributed by atoms with Gasteiger partial charge in [-0.25, -0.2) is 4.98 Å². The predicted molar refractivity (Wildman–Crippen MR) is 75.2 cm³/mol. The summed E-state index contributed by atoms with van der Waals surface area (Å²) < 4.78 is 4.90. The fraction of sp³-hybridized carbons (Fsp3) is 0.615. The SMILES string of the molecule is CCOC(=O)Cc1csc(N(CCC#N)C(C)C)n1. The van der Waals surface area contributed by atoms with E-state index in [0.717, 1.165) is 10.8 Å². The van der Waals surface area contributed by atoms with Crippen molar-refractivity contribution in [1.29, 1.82) is 5.26 Å². The average molecular weight is 281 g/mol. The molecule has 0 saturated heterocycles. The molecule has 0 aliphatic rings. The Balaban J connectivity index is 2.70. The van der Waals surface area contributed by atoms with Crippen LogP contribution in [0.1, 0.15) is 32.9 Å². The number of aromatic nitrogens is 1. The zero-order chi connectivity index (χ0) is 14.3. The lowest BCUT2D eigenvalue weighted by Gasteiger charge is -2.24. The third kappa shape index (κ3) is 4.87. The average Bonchev–Trinajstić information content (AvgIpc) is 2.77. The summed E-state index contributed by atoms with van der Waals surface area (Å²) in [7, 11) is 0. The van der Waals surface area contributed by atoms with Gasteiger partial charge in [-0.3, -0.25) is 4.79 Å². The van der Waals surface area contributed by atoms with Gasteiger partial charge in [-0.15, -0.1) is 11.3 Å². The van der Waals surface area contributed by atoms with Crippen LogP contribution < -0.4 is 4.90 Å². The minimum atomic E-state index is -0.257. The smallest absolute Gasteiger partial charge is 0.311 e. The molecule has 0 bridgehead atoms. The van der Waals surface area contributed by atoms with Crippen LogP contribution in [0.25, 0.3) is 0 Å². The van der Waals surface area contributed by atoms with Gasteiger partial charge in [0.05, 0.1) is 31.2 Å². The van der Waals surface area contributed by atoms with Gasteiger partial charge in [0.15, 0.2) is 5.13 Å². The molecule has 0 amide bonds. The van der Waals surface area contributed by atoms with E-state index in [0.29, 0.717) is 19.6 Å². The lowest BCUT2D eigenvalue weighted by atomic mass is 10.3. The Morgan fingerprint density at radius 3 is 2.95 bits per heavy atom. The number of ether oxygens (including phenoxy) is 1. The van der Waals surface area contributed by atoms with Gasteiger partial charge < -0.3 is 9.64 Å². The van der Waals surface area contributed by atoms with Crippen LogP contribution in [0.5, 0.6) is 0 Å². The van der Waals surface area contributed by atoms with Crippen molar-refractivity contribution >= 4 is 22.4 Å². The van der Waals surface area contributed by atoms with E-state index in [4.69, 9.17) is 10.00 Å². The zero-order valence-electron chi connectivity index (χ0n) is 11.5. The summed E-state index contributed by atoms with van der Waals surface area (Å²) in [5.41, 5.74) is 0.723. The zero-order valence-corrected chi connectivity index (χ0v) is 12.4. The third-order valence-corrected chi connectivity index (χ3v) is 3.43. The quantitative estimate of drug-likeness (QED) is 0.718. The fourth-order valence-electron chi connectivity index (χ4n) is 1.61. The van der Waals surface area contributed by atoms with E-state index in [1.54, 1.807) is 6.92 Å². The Kier molecular flexibility index (Phi) is 6.30. The number of hydrogen-bond donors (Lipinski definition) is 0. The number of nitriles is 1. The van der Waals surface area contributed by atoms with Gasteiger partial charge in [0.2, 0.25) is 0 Å². The molecule has 19 heavy (non-hydrogen) atoms. The summed E-state index contributed by atoms with van der Waals surface area (Å²) >= 11 is 1.49. The Bertz CT molecular complexity index is 451. The molecule has 0 fully saturated rings. The van der Waals surface area contributed by atoms with Crippen molar-refractivity contribution in [2.75, 3.05) is 18.1 Å². The number of carbonyl (C=O) groups is 1. The van der Waals surface area contributed by atoms with Crippen molar-refractivity contribution in [3.8, 4) is 6.07 Å². The highest BCUT2D eigenvalue weighted by molar-refractivity contribution is 7.13. The van der Waals surface area contributed by atoms with Crippen molar-refractivity contribution in [2.24, 2.45) is 0 Å². The van der Waals surface area contributed by atoms with Gasteiger partial charge in [-0.2, -0.15) is 5.26 Å². The second-order valence-corrected chi connectivity index (χ2v) is 5.14. The van der Waals surface area contributed by atoms with Gasteiger partial charge in [0.25, 0.3) is 0 Å². The standard InChI is InChI=1S/C13H19N3O2S/c1-4-18-12(17)8-11-9-19-13(15-11)16(10(2)3)7-5-6-14/h9-10H,4-5,7-8H2,1-3H3. The molecule has 1 aromatic heterocycles. The van der Waals surface area contributed by atoms with Gasteiger partial charge in [-0.1, -0.05) is 0 Å². The topological polar surface area (TPSA) is 66.2 Å². The second kappa shape index (κ2) is 7.74. The van der Waals surface area contributed by atoms with Gasteiger partial charge in [0.1, 0.15) is 0 Å². The molecule has 6 heteroatoms. The molecule has 1 aromatic rings. The van der Waals surface area contributed by atoms with Gasteiger partial charge in [0, 0.05) is 18.0 Å². The van der Waals surface area contributed by atoms with Crippen molar-refractivity contribution in [1.82, 2.24) is 4.98 Å². The van der Waals surface area contributed by atoms with E-state index >= 15 is 0 Å². The minimum absolute atomic E-state index is 0.203. The Labute approximate surface area is 117 Å². The predicted octanol–water partition coefficient (Wildman–Crippen LogP) is 2.38. The molecule has 0 radical (unpaired) electrons.